The molecule has 1 fully saturated rings. The second-order valence-electron chi connectivity index (χ2n) is 6.89. The molecule has 0 aliphatic carbocycles. The van der Waals surface area contributed by atoms with Gasteiger partial charge in [0.1, 0.15) is 5.82 Å². The van der Waals surface area contributed by atoms with E-state index in [0.29, 0.717) is 18.2 Å². The van der Waals surface area contributed by atoms with Crippen LogP contribution in [0.25, 0.3) is 0 Å². The molecule has 0 radical (unpaired) electrons. The molecule has 5 heteroatoms. The summed E-state index contributed by atoms with van der Waals surface area (Å²) in [6.07, 6.45) is 3.81. The van der Waals surface area contributed by atoms with Gasteiger partial charge in [0.2, 0.25) is 0 Å². The SMILES string of the molecule is CC1CCCCN1Cc1ccccc1CNC(=O)c1cc(F)ccc1I. The third-order valence-electron chi connectivity index (χ3n) is 5.04. The van der Waals surface area contributed by atoms with Crippen molar-refractivity contribution in [3.63, 3.8) is 0 Å². The van der Waals surface area contributed by atoms with E-state index in [1.54, 1.807) is 6.07 Å². The second-order valence-corrected chi connectivity index (χ2v) is 8.05. The van der Waals surface area contributed by atoms with Crippen LogP contribution < -0.4 is 5.32 Å². The van der Waals surface area contributed by atoms with E-state index in [0.717, 1.165) is 22.2 Å². The molecular formula is C21H24FIN2O. The Hall–Kier alpha value is -1.47. The summed E-state index contributed by atoms with van der Waals surface area (Å²) in [7, 11) is 0. The molecule has 2 aromatic carbocycles. The maximum absolute atomic E-state index is 13.4. The number of halogens is 2. The number of likely N-dealkylation sites (tertiary alicyclic amines) is 1. The average molecular weight is 466 g/mol. The number of piperidine rings is 1. The first-order chi connectivity index (χ1) is 12.5. The normalized spacial score (nSPS) is 17.9. The maximum Gasteiger partial charge on any atom is 0.252 e. The Kier molecular flexibility index (Phi) is 6.64. The van der Waals surface area contributed by atoms with Gasteiger partial charge in [0.15, 0.2) is 0 Å². The van der Waals surface area contributed by atoms with Crippen LogP contribution in [-0.4, -0.2) is 23.4 Å². The second kappa shape index (κ2) is 8.95. The lowest BCUT2D eigenvalue weighted by atomic mass is 10.0. The molecule has 1 aliphatic rings. The Balaban J connectivity index is 1.68. The van der Waals surface area contributed by atoms with Crippen LogP contribution in [0.2, 0.25) is 0 Å². The van der Waals surface area contributed by atoms with Crippen molar-refractivity contribution in [2.24, 2.45) is 0 Å². The molecule has 0 spiro atoms. The van der Waals surface area contributed by atoms with Gasteiger partial charge >= 0.3 is 0 Å². The molecule has 1 atom stereocenters. The predicted molar refractivity (Wildman–Crippen MR) is 110 cm³/mol. The Morgan fingerprint density at radius 3 is 2.77 bits per heavy atom. The zero-order valence-corrected chi connectivity index (χ0v) is 17.1. The van der Waals surface area contributed by atoms with Crippen LogP contribution in [0.4, 0.5) is 4.39 Å². The molecule has 0 aromatic heterocycles. The molecule has 2 aromatic rings. The summed E-state index contributed by atoms with van der Waals surface area (Å²) in [5, 5.41) is 2.94. The van der Waals surface area contributed by atoms with Gasteiger partial charge in [-0.25, -0.2) is 4.39 Å². The van der Waals surface area contributed by atoms with E-state index in [2.05, 4.69) is 51.9 Å². The van der Waals surface area contributed by atoms with Gasteiger partial charge in [0, 0.05) is 22.7 Å². The summed E-state index contributed by atoms with van der Waals surface area (Å²) >= 11 is 2.06. The van der Waals surface area contributed by atoms with Crippen LogP contribution in [0, 0.1) is 9.39 Å². The van der Waals surface area contributed by atoms with Crippen LogP contribution >= 0.6 is 22.6 Å². The monoisotopic (exact) mass is 466 g/mol. The van der Waals surface area contributed by atoms with E-state index < -0.39 is 5.82 Å². The molecule has 1 aliphatic heterocycles. The van der Waals surface area contributed by atoms with Crippen LogP contribution in [0.5, 0.6) is 0 Å². The molecule has 1 amide bonds. The third-order valence-corrected chi connectivity index (χ3v) is 5.99. The highest BCUT2D eigenvalue weighted by molar-refractivity contribution is 14.1. The van der Waals surface area contributed by atoms with Gasteiger partial charge in [-0.1, -0.05) is 30.7 Å². The Labute approximate surface area is 168 Å². The number of carbonyl (C=O) groups excluding carboxylic acids is 1. The third kappa shape index (κ3) is 4.82. The first kappa shape index (κ1) is 19.3. The van der Waals surface area contributed by atoms with Gasteiger partial charge in [-0.3, -0.25) is 9.69 Å². The minimum absolute atomic E-state index is 0.241. The molecule has 1 N–H and O–H groups in total. The summed E-state index contributed by atoms with van der Waals surface area (Å²) in [6.45, 7) is 4.77. The molecule has 26 heavy (non-hydrogen) atoms. The predicted octanol–water partition coefficient (Wildman–Crippen LogP) is 4.73. The van der Waals surface area contributed by atoms with Crippen LogP contribution in [0.1, 0.15) is 47.7 Å². The van der Waals surface area contributed by atoms with Gasteiger partial charge in [-0.15, -0.1) is 0 Å². The lowest BCUT2D eigenvalue weighted by Crippen LogP contribution is -2.37. The molecule has 3 rings (SSSR count). The fourth-order valence-electron chi connectivity index (χ4n) is 3.44. The Morgan fingerprint density at radius 2 is 2.00 bits per heavy atom. The fourth-order valence-corrected chi connectivity index (χ4v) is 4.02. The molecular weight excluding hydrogens is 442 g/mol. The highest BCUT2D eigenvalue weighted by atomic mass is 127. The zero-order valence-electron chi connectivity index (χ0n) is 15.0. The molecule has 138 valence electrons. The first-order valence-electron chi connectivity index (χ1n) is 9.08. The molecule has 3 nitrogen and oxygen atoms in total. The van der Waals surface area contributed by atoms with Crippen molar-refractivity contribution in [1.82, 2.24) is 10.2 Å². The largest absolute Gasteiger partial charge is 0.348 e. The zero-order chi connectivity index (χ0) is 18.5. The number of benzene rings is 2. The van der Waals surface area contributed by atoms with E-state index >= 15 is 0 Å². The summed E-state index contributed by atoms with van der Waals surface area (Å²) in [6, 6.07) is 13.1. The van der Waals surface area contributed by atoms with Crippen molar-refractivity contribution < 1.29 is 9.18 Å². The van der Waals surface area contributed by atoms with Crippen molar-refractivity contribution >= 4 is 28.5 Å². The number of rotatable bonds is 5. The number of hydrogen-bond acceptors (Lipinski definition) is 2. The van der Waals surface area contributed by atoms with Crippen molar-refractivity contribution in [2.75, 3.05) is 6.54 Å². The van der Waals surface area contributed by atoms with E-state index in [1.165, 1.54) is 37.0 Å². The van der Waals surface area contributed by atoms with Gasteiger partial charge in [0.05, 0.1) is 5.56 Å². The van der Waals surface area contributed by atoms with E-state index in [1.807, 2.05) is 12.1 Å². The number of amides is 1. The van der Waals surface area contributed by atoms with Gasteiger partial charge in [0.25, 0.3) is 5.91 Å². The molecule has 1 saturated heterocycles. The van der Waals surface area contributed by atoms with E-state index in [-0.39, 0.29) is 5.91 Å². The standard InChI is InChI=1S/C21H24FIN2O/c1-15-6-4-5-11-25(15)14-17-8-3-2-7-16(17)13-24-21(26)19-12-18(22)9-10-20(19)23/h2-3,7-10,12,15H,4-6,11,13-14H2,1H3,(H,24,26). The smallest absolute Gasteiger partial charge is 0.252 e. The highest BCUT2D eigenvalue weighted by Crippen LogP contribution is 2.21. The van der Waals surface area contributed by atoms with Gasteiger partial charge < -0.3 is 5.32 Å². The number of nitrogens with one attached hydrogen (secondary N) is 1. The van der Waals surface area contributed by atoms with Crippen molar-refractivity contribution in [3.8, 4) is 0 Å². The van der Waals surface area contributed by atoms with Gasteiger partial charge in [-0.2, -0.15) is 0 Å². The van der Waals surface area contributed by atoms with Crippen LogP contribution in [-0.2, 0) is 13.1 Å². The maximum atomic E-state index is 13.4. The van der Waals surface area contributed by atoms with Gasteiger partial charge in [-0.05, 0) is 78.2 Å². The number of nitrogens with zero attached hydrogens (tertiary/aromatic N) is 1. The van der Waals surface area contributed by atoms with Crippen molar-refractivity contribution in [1.29, 1.82) is 0 Å². The molecule has 0 bridgehead atoms. The molecule has 0 saturated carbocycles. The number of hydrogen-bond donors (Lipinski definition) is 1. The lowest BCUT2D eigenvalue weighted by Gasteiger charge is -2.33. The summed E-state index contributed by atoms with van der Waals surface area (Å²) in [5.74, 6) is -0.634. The average Bonchev–Trinajstić information content (AvgIpc) is 2.64. The topological polar surface area (TPSA) is 32.3 Å². The lowest BCUT2D eigenvalue weighted by molar-refractivity contribution is 0.0949. The first-order valence-corrected chi connectivity index (χ1v) is 10.2. The minimum atomic E-state index is -0.393. The van der Waals surface area contributed by atoms with Crippen LogP contribution in [0.3, 0.4) is 0 Å². The van der Waals surface area contributed by atoms with E-state index in [9.17, 15) is 9.18 Å². The minimum Gasteiger partial charge on any atom is -0.348 e. The summed E-state index contributed by atoms with van der Waals surface area (Å²) in [4.78, 5) is 15.0. The van der Waals surface area contributed by atoms with Crippen molar-refractivity contribution in [2.45, 2.75) is 45.3 Å². The molecule has 1 heterocycles. The quantitative estimate of drug-likeness (QED) is 0.647. The summed E-state index contributed by atoms with van der Waals surface area (Å²) < 4.78 is 14.2. The van der Waals surface area contributed by atoms with Crippen LogP contribution in [0.15, 0.2) is 42.5 Å². The fraction of sp³-hybridized carbons (Fsp3) is 0.381. The molecule has 1 unspecified atom stereocenters. The highest BCUT2D eigenvalue weighted by Gasteiger charge is 2.19. The number of carbonyl (C=O) groups is 1. The van der Waals surface area contributed by atoms with Crippen molar-refractivity contribution in [3.05, 3.63) is 68.5 Å². The summed E-state index contributed by atoms with van der Waals surface area (Å²) in [5.41, 5.74) is 2.74. The van der Waals surface area contributed by atoms with E-state index in [4.69, 9.17) is 0 Å². The Morgan fingerprint density at radius 1 is 1.23 bits per heavy atom. The Bertz CT molecular complexity index is 780.